The molecule has 0 saturated carbocycles. The maximum absolute atomic E-state index is 13.6. The van der Waals surface area contributed by atoms with Crippen molar-refractivity contribution in [3.8, 4) is 0 Å². The molecule has 0 saturated heterocycles. The van der Waals surface area contributed by atoms with Crippen LogP contribution in [0.2, 0.25) is 0 Å². The highest BCUT2D eigenvalue weighted by Gasteiger charge is 2.41. The number of hydrogen-bond donors (Lipinski definition) is 1. The molecule has 0 spiro atoms. The van der Waals surface area contributed by atoms with E-state index in [9.17, 15) is 22.0 Å². The first kappa shape index (κ1) is 20.2. The summed E-state index contributed by atoms with van der Waals surface area (Å²) in [6.45, 7) is 0.111. The number of hydrogen-bond acceptors (Lipinski definition) is 5. The fourth-order valence-electron chi connectivity index (χ4n) is 3.12. The fraction of sp³-hybridized carbons (Fsp3) is 0.0952. The second-order valence-electron chi connectivity index (χ2n) is 6.62. The molecule has 1 aromatic heterocycles. The van der Waals surface area contributed by atoms with E-state index >= 15 is 0 Å². The molecule has 1 aliphatic rings. The van der Waals surface area contributed by atoms with Gasteiger partial charge in [0.15, 0.2) is 4.91 Å². The Morgan fingerprint density at radius 3 is 2.50 bits per heavy atom. The highest BCUT2D eigenvalue weighted by atomic mass is 32.2. The molecule has 5 nitrogen and oxygen atoms in total. The number of thiophene rings is 1. The summed E-state index contributed by atoms with van der Waals surface area (Å²) in [7, 11) is -4.16. The zero-order chi connectivity index (χ0) is 21.3. The number of fused-ring (bicyclic) bond motifs is 1. The number of nitrogens with one attached hydrogen (secondary N) is 1. The van der Waals surface area contributed by atoms with Gasteiger partial charge in [0, 0.05) is 12.7 Å². The number of carbonyl (C=O) groups excluding carboxylic acids is 1. The highest BCUT2D eigenvalue weighted by molar-refractivity contribution is 7.97. The van der Waals surface area contributed by atoms with Crippen LogP contribution in [0.5, 0.6) is 0 Å². The Labute approximate surface area is 176 Å². The minimum absolute atomic E-state index is 0.105. The van der Waals surface area contributed by atoms with Crippen molar-refractivity contribution in [3.05, 3.63) is 98.7 Å². The van der Waals surface area contributed by atoms with Gasteiger partial charge in [-0.15, -0.1) is 11.3 Å². The first-order valence-corrected chi connectivity index (χ1v) is 11.3. The van der Waals surface area contributed by atoms with Crippen LogP contribution >= 0.6 is 11.3 Å². The monoisotopic (exact) mass is 446 g/mol. The van der Waals surface area contributed by atoms with Crippen LogP contribution in [0.4, 0.5) is 14.5 Å². The van der Waals surface area contributed by atoms with Gasteiger partial charge in [-0.1, -0.05) is 24.3 Å². The van der Waals surface area contributed by atoms with Gasteiger partial charge < -0.3 is 5.32 Å². The van der Waals surface area contributed by atoms with Crippen molar-refractivity contribution in [1.82, 2.24) is 5.32 Å². The van der Waals surface area contributed by atoms with Crippen LogP contribution in [-0.2, 0) is 23.1 Å². The third kappa shape index (κ3) is 3.86. The normalized spacial score (nSPS) is 16.5. The Bertz CT molecular complexity index is 1240. The molecule has 9 heteroatoms. The smallest absolute Gasteiger partial charge is 0.270 e. The number of halogens is 2. The van der Waals surface area contributed by atoms with Gasteiger partial charge in [-0.05, 0) is 46.8 Å². The summed E-state index contributed by atoms with van der Waals surface area (Å²) in [4.78, 5) is 12.7. The van der Waals surface area contributed by atoms with Crippen molar-refractivity contribution in [3.63, 3.8) is 0 Å². The number of sulfonamides is 1. The Morgan fingerprint density at radius 1 is 1.00 bits per heavy atom. The van der Waals surface area contributed by atoms with Crippen LogP contribution in [0.3, 0.4) is 0 Å². The van der Waals surface area contributed by atoms with Crippen LogP contribution < -0.4 is 9.62 Å². The van der Waals surface area contributed by atoms with Gasteiger partial charge in [0.2, 0.25) is 5.78 Å². The number of ketones is 1. The molecule has 0 aliphatic carbocycles. The number of allylic oxidation sites excluding steroid dienone is 1. The molecule has 30 heavy (non-hydrogen) atoms. The van der Waals surface area contributed by atoms with Gasteiger partial charge in [-0.3, -0.25) is 9.10 Å². The minimum Gasteiger partial charge on any atom is -0.386 e. The quantitative estimate of drug-likeness (QED) is 0.597. The third-order valence-electron chi connectivity index (χ3n) is 4.58. The molecule has 154 valence electrons. The first-order chi connectivity index (χ1) is 14.4. The van der Waals surface area contributed by atoms with E-state index in [4.69, 9.17) is 0 Å². The summed E-state index contributed by atoms with van der Waals surface area (Å²) in [5.41, 5.74) is 1.47. The third-order valence-corrected chi connectivity index (χ3v) is 7.25. The molecular weight excluding hydrogens is 430 g/mol. The van der Waals surface area contributed by atoms with Crippen molar-refractivity contribution in [2.24, 2.45) is 0 Å². The Hall–Kier alpha value is -3.04. The van der Waals surface area contributed by atoms with Gasteiger partial charge in [-0.2, -0.15) is 0 Å². The molecule has 3 aromatic rings. The molecule has 0 radical (unpaired) electrons. The predicted octanol–water partition coefficient (Wildman–Crippen LogP) is 4.19. The zero-order valence-corrected chi connectivity index (χ0v) is 17.1. The van der Waals surface area contributed by atoms with Crippen LogP contribution in [0, 0.1) is 11.6 Å². The van der Waals surface area contributed by atoms with Gasteiger partial charge in [0.05, 0.1) is 12.2 Å². The maximum atomic E-state index is 13.6. The predicted molar refractivity (Wildman–Crippen MR) is 111 cm³/mol. The Kier molecular flexibility index (Phi) is 5.40. The van der Waals surface area contributed by atoms with Crippen LogP contribution in [0.1, 0.15) is 20.8 Å². The summed E-state index contributed by atoms with van der Waals surface area (Å²) < 4.78 is 54.2. The summed E-state index contributed by atoms with van der Waals surface area (Å²) >= 11 is 1.15. The van der Waals surface area contributed by atoms with Crippen molar-refractivity contribution in [2.45, 2.75) is 13.1 Å². The second-order valence-corrected chi connectivity index (χ2v) is 9.37. The lowest BCUT2D eigenvalue weighted by Gasteiger charge is -2.29. The molecule has 0 bridgehead atoms. The highest BCUT2D eigenvalue weighted by Crippen LogP contribution is 2.39. The molecule has 0 amide bonds. The van der Waals surface area contributed by atoms with Crippen molar-refractivity contribution in [2.75, 3.05) is 4.31 Å². The number of anilines is 1. The number of rotatable bonds is 5. The Balaban J connectivity index is 1.66. The first-order valence-electron chi connectivity index (χ1n) is 8.93. The molecule has 0 fully saturated rings. The average Bonchev–Trinajstić information content (AvgIpc) is 3.19. The van der Waals surface area contributed by atoms with Crippen molar-refractivity contribution < 1.29 is 22.0 Å². The molecule has 0 unspecified atom stereocenters. The van der Waals surface area contributed by atoms with Crippen molar-refractivity contribution in [1.29, 1.82) is 0 Å². The summed E-state index contributed by atoms with van der Waals surface area (Å²) in [5.74, 6) is -1.44. The van der Waals surface area contributed by atoms with Gasteiger partial charge in [-0.25, -0.2) is 17.2 Å². The molecule has 4 rings (SSSR count). The lowest BCUT2D eigenvalue weighted by molar-refractivity contribution is 0.104. The second kappa shape index (κ2) is 8.00. The lowest BCUT2D eigenvalue weighted by atomic mass is 10.2. The number of Topliss-reactive ketones (excluding diaryl/α,β-unsaturated/α-hetero) is 1. The van der Waals surface area contributed by atoms with Crippen LogP contribution in [0.25, 0.3) is 0 Å². The summed E-state index contributed by atoms with van der Waals surface area (Å²) in [5, 5.41) is 4.47. The van der Waals surface area contributed by atoms with E-state index in [-0.39, 0.29) is 24.6 Å². The van der Waals surface area contributed by atoms with Gasteiger partial charge in [0.25, 0.3) is 10.0 Å². The topological polar surface area (TPSA) is 66.5 Å². The maximum Gasteiger partial charge on any atom is 0.270 e. The lowest BCUT2D eigenvalue weighted by Crippen LogP contribution is -2.38. The van der Waals surface area contributed by atoms with E-state index in [1.807, 2.05) is 0 Å². The van der Waals surface area contributed by atoms with Crippen molar-refractivity contribution >= 4 is 32.8 Å². The molecule has 1 aliphatic heterocycles. The summed E-state index contributed by atoms with van der Waals surface area (Å²) in [6.07, 6.45) is 1.17. The van der Waals surface area contributed by atoms with Crippen LogP contribution in [-0.4, -0.2) is 14.2 Å². The van der Waals surface area contributed by atoms with E-state index in [1.54, 1.807) is 29.6 Å². The Morgan fingerprint density at radius 2 is 1.77 bits per heavy atom. The largest absolute Gasteiger partial charge is 0.386 e. The molecule has 1 N–H and O–H groups in total. The fourth-order valence-corrected chi connectivity index (χ4v) is 5.63. The van der Waals surface area contributed by atoms with E-state index in [2.05, 4.69) is 5.32 Å². The number of benzene rings is 2. The molecule has 2 aromatic carbocycles. The standard InChI is InChI=1S/C21H16F2N2O3S2/c22-16-6-4-14(5-7-16)11-24-12-19-20(26)21-18(8-9-29-21)25(30(19,27)28)13-15-2-1-3-17(23)10-15/h1-10,12,24H,11,13H2/b19-12-. The van der Waals surface area contributed by atoms with Gasteiger partial charge >= 0.3 is 0 Å². The van der Waals surface area contributed by atoms with E-state index < -0.39 is 26.5 Å². The van der Waals surface area contributed by atoms with E-state index in [0.29, 0.717) is 10.4 Å². The molecule has 0 atom stereocenters. The van der Waals surface area contributed by atoms with Gasteiger partial charge in [0.1, 0.15) is 16.5 Å². The van der Waals surface area contributed by atoms with Crippen LogP contribution in [0.15, 0.2) is 71.1 Å². The molecular formula is C21H16F2N2O3S2. The summed E-state index contributed by atoms with van der Waals surface area (Å²) in [6, 6.07) is 12.9. The van der Waals surface area contributed by atoms with E-state index in [0.717, 1.165) is 21.2 Å². The number of carbonyl (C=O) groups is 1. The SMILES string of the molecule is O=C1/C(=C/NCc2ccc(F)cc2)S(=O)(=O)N(Cc2cccc(F)c2)c2ccsc21. The average molecular weight is 447 g/mol. The number of nitrogens with zero attached hydrogens (tertiary/aromatic N) is 1. The zero-order valence-electron chi connectivity index (χ0n) is 15.5. The van der Waals surface area contributed by atoms with E-state index in [1.165, 1.54) is 36.5 Å². The minimum atomic E-state index is -4.16. The molecule has 2 heterocycles.